The molecule has 2 aliphatic heterocycles. The van der Waals surface area contributed by atoms with Gasteiger partial charge in [-0.05, 0) is 49.9 Å². The maximum atomic E-state index is 11.9. The zero-order chi connectivity index (χ0) is 29.1. The number of thiophene rings is 1. The number of ether oxygens (including phenoxy) is 2. The monoisotopic (exact) mass is 583 g/mol. The Morgan fingerprint density at radius 2 is 1.98 bits per heavy atom. The minimum atomic E-state index is -0.166. The predicted octanol–water partition coefficient (Wildman–Crippen LogP) is 4.85. The summed E-state index contributed by atoms with van der Waals surface area (Å²) in [4.78, 5) is 15.5. The third kappa shape index (κ3) is 5.65. The van der Waals surface area contributed by atoms with Gasteiger partial charge in [0.25, 0.3) is 5.91 Å². The molecular formula is C33H37N5O3S. The minimum Gasteiger partial charge on any atom is -0.495 e. The number of rotatable bonds is 8. The summed E-state index contributed by atoms with van der Waals surface area (Å²) in [6.07, 6.45) is 5.13. The molecule has 1 aromatic heterocycles. The van der Waals surface area contributed by atoms with Gasteiger partial charge >= 0.3 is 0 Å². The number of hydrogen-bond acceptors (Lipinski definition) is 8. The number of nitriles is 1. The first-order valence-corrected chi connectivity index (χ1v) is 15.5. The molecule has 218 valence electrons. The van der Waals surface area contributed by atoms with Crippen LogP contribution in [0.3, 0.4) is 0 Å². The minimum absolute atomic E-state index is 0.166. The number of fused-ring (bicyclic) bond motifs is 1. The van der Waals surface area contributed by atoms with E-state index in [0.717, 1.165) is 40.4 Å². The summed E-state index contributed by atoms with van der Waals surface area (Å²) in [7, 11) is 3.18. The standard InChI is InChI=1S/C33H37N5O3S/c1-35-32(39)22-8-13-27(29(17-22)40-2)36-16-4-7-30-25(14-15-34)26-5-3-6-28(31(26)42-30)37-23-9-11-24(12-10-23)38-18-33(19-38)20-41-21-33/h3,5-6,8,13,17,23-24,36-37H,9-12,14,16,18-21H2,1-2H3,(H,35,39). The largest absolute Gasteiger partial charge is 0.495 e. The van der Waals surface area contributed by atoms with E-state index in [1.807, 2.05) is 6.07 Å². The fraction of sp³-hybridized carbons (Fsp3) is 0.455. The van der Waals surface area contributed by atoms with Crippen molar-refractivity contribution < 1.29 is 14.3 Å². The van der Waals surface area contributed by atoms with Crippen LogP contribution in [0.2, 0.25) is 0 Å². The third-order valence-electron chi connectivity index (χ3n) is 8.80. The summed E-state index contributed by atoms with van der Waals surface area (Å²) in [5.74, 6) is 6.96. The number of nitrogens with one attached hydrogen (secondary N) is 3. The molecule has 8 nitrogen and oxygen atoms in total. The lowest BCUT2D eigenvalue weighted by molar-refractivity contribution is -0.200. The second-order valence-corrected chi connectivity index (χ2v) is 12.6. The van der Waals surface area contributed by atoms with Crippen LogP contribution in [-0.2, 0) is 11.2 Å². The van der Waals surface area contributed by atoms with Crippen molar-refractivity contribution in [2.24, 2.45) is 5.41 Å². The molecule has 1 amide bonds. The van der Waals surface area contributed by atoms with Gasteiger partial charge in [0.05, 0.1) is 60.3 Å². The SMILES string of the molecule is CNC(=O)c1ccc(NCC#Cc2sc3c(NC4CCC(N5CC6(COC6)C5)CC4)cccc3c2CC#N)c(OC)c1. The van der Waals surface area contributed by atoms with Gasteiger partial charge in [-0.2, -0.15) is 5.26 Å². The number of likely N-dealkylation sites (tertiary alicyclic amines) is 1. The van der Waals surface area contributed by atoms with E-state index in [0.29, 0.717) is 41.8 Å². The van der Waals surface area contributed by atoms with Crippen molar-refractivity contribution >= 4 is 38.7 Å². The van der Waals surface area contributed by atoms with Crippen LogP contribution in [0.15, 0.2) is 36.4 Å². The lowest BCUT2D eigenvalue weighted by Crippen LogP contribution is -2.68. The van der Waals surface area contributed by atoms with Crippen molar-refractivity contribution in [3.8, 4) is 23.7 Å². The number of amides is 1. The average Bonchev–Trinajstić information content (AvgIpc) is 3.32. The number of nitrogens with zero attached hydrogens (tertiary/aromatic N) is 2. The van der Waals surface area contributed by atoms with Gasteiger partial charge in [0.2, 0.25) is 0 Å². The number of hydrogen-bond donors (Lipinski definition) is 3. The predicted molar refractivity (Wildman–Crippen MR) is 167 cm³/mol. The fourth-order valence-corrected chi connectivity index (χ4v) is 7.65. The molecule has 42 heavy (non-hydrogen) atoms. The van der Waals surface area contributed by atoms with E-state index in [1.54, 1.807) is 37.6 Å². The van der Waals surface area contributed by atoms with Gasteiger partial charge in [-0.25, -0.2) is 0 Å². The van der Waals surface area contributed by atoms with Crippen LogP contribution in [0.4, 0.5) is 11.4 Å². The molecule has 3 aliphatic rings. The summed E-state index contributed by atoms with van der Waals surface area (Å²) in [5.41, 5.74) is 3.91. The van der Waals surface area contributed by atoms with Gasteiger partial charge in [0, 0.05) is 54.1 Å². The molecule has 0 unspecified atom stereocenters. The highest BCUT2D eigenvalue weighted by Gasteiger charge is 2.50. The summed E-state index contributed by atoms with van der Waals surface area (Å²) in [6.45, 7) is 4.72. The molecule has 0 bridgehead atoms. The normalized spacial score (nSPS) is 20.9. The first kappa shape index (κ1) is 28.4. The fourth-order valence-electron chi connectivity index (χ4n) is 6.48. The Morgan fingerprint density at radius 1 is 1.17 bits per heavy atom. The van der Waals surface area contributed by atoms with E-state index in [-0.39, 0.29) is 5.91 Å². The van der Waals surface area contributed by atoms with E-state index in [2.05, 4.69) is 57.0 Å². The van der Waals surface area contributed by atoms with E-state index < -0.39 is 0 Å². The van der Waals surface area contributed by atoms with Crippen LogP contribution in [0.1, 0.15) is 46.5 Å². The summed E-state index contributed by atoms with van der Waals surface area (Å²) in [5, 5.41) is 20.4. The van der Waals surface area contributed by atoms with Crippen LogP contribution < -0.4 is 20.7 Å². The summed E-state index contributed by atoms with van der Waals surface area (Å²) in [6, 6.07) is 15.1. The van der Waals surface area contributed by atoms with Crippen LogP contribution in [0, 0.1) is 28.6 Å². The summed E-state index contributed by atoms with van der Waals surface area (Å²) < 4.78 is 12.1. The van der Waals surface area contributed by atoms with Crippen molar-refractivity contribution in [3.05, 3.63) is 52.4 Å². The molecule has 3 heterocycles. The van der Waals surface area contributed by atoms with E-state index in [9.17, 15) is 10.1 Å². The van der Waals surface area contributed by atoms with Gasteiger partial charge in [-0.15, -0.1) is 11.3 Å². The molecule has 6 rings (SSSR count). The van der Waals surface area contributed by atoms with Gasteiger partial charge in [-0.1, -0.05) is 24.0 Å². The van der Waals surface area contributed by atoms with Gasteiger partial charge < -0.3 is 25.4 Å². The highest BCUT2D eigenvalue weighted by Crippen LogP contribution is 2.42. The molecular weight excluding hydrogens is 546 g/mol. The van der Waals surface area contributed by atoms with Crippen molar-refractivity contribution in [2.75, 3.05) is 57.6 Å². The zero-order valence-corrected chi connectivity index (χ0v) is 25.0. The Kier molecular flexibility index (Phi) is 8.26. The van der Waals surface area contributed by atoms with E-state index >= 15 is 0 Å². The molecule has 1 spiro atoms. The Balaban J connectivity index is 1.12. The average molecular weight is 584 g/mol. The molecule has 1 aliphatic carbocycles. The zero-order valence-electron chi connectivity index (χ0n) is 24.2. The molecule has 2 aromatic carbocycles. The molecule has 3 N–H and O–H groups in total. The van der Waals surface area contributed by atoms with E-state index in [1.165, 1.54) is 43.5 Å². The molecule has 9 heteroatoms. The van der Waals surface area contributed by atoms with Gasteiger partial charge in [-0.3, -0.25) is 9.69 Å². The number of carbonyl (C=O) groups excluding carboxylic acids is 1. The highest BCUT2D eigenvalue weighted by molar-refractivity contribution is 7.20. The number of anilines is 2. The third-order valence-corrected chi connectivity index (χ3v) is 10.00. The summed E-state index contributed by atoms with van der Waals surface area (Å²) >= 11 is 1.66. The second-order valence-electron chi connectivity index (χ2n) is 11.6. The molecule has 0 radical (unpaired) electrons. The maximum absolute atomic E-state index is 11.9. The molecule has 2 saturated heterocycles. The lowest BCUT2D eigenvalue weighted by Gasteiger charge is -2.58. The first-order valence-electron chi connectivity index (χ1n) is 14.6. The first-order chi connectivity index (χ1) is 20.5. The molecule has 3 aromatic rings. The smallest absolute Gasteiger partial charge is 0.251 e. The van der Waals surface area contributed by atoms with Crippen LogP contribution >= 0.6 is 11.3 Å². The number of carbonyl (C=O) groups is 1. The van der Waals surface area contributed by atoms with Crippen LogP contribution in [-0.4, -0.2) is 69.9 Å². The molecule has 1 saturated carbocycles. The van der Waals surface area contributed by atoms with Crippen LogP contribution in [0.5, 0.6) is 5.75 Å². The number of benzene rings is 2. The van der Waals surface area contributed by atoms with Gasteiger partial charge in [0.1, 0.15) is 5.75 Å². The Hall–Kier alpha value is -3.76. The topological polar surface area (TPSA) is 98.7 Å². The van der Waals surface area contributed by atoms with Crippen LogP contribution in [0.25, 0.3) is 10.1 Å². The highest BCUT2D eigenvalue weighted by atomic mass is 32.1. The van der Waals surface area contributed by atoms with Crippen molar-refractivity contribution in [1.82, 2.24) is 10.2 Å². The lowest BCUT2D eigenvalue weighted by atomic mass is 9.75. The van der Waals surface area contributed by atoms with Gasteiger partial charge in [0.15, 0.2) is 0 Å². The second kappa shape index (κ2) is 12.2. The van der Waals surface area contributed by atoms with Crippen molar-refractivity contribution in [1.29, 1.82) is 5.26 Å². The molecule has 3 fully saturated rings. The quantitative estimate of drug-likeness (QED) is 0.326. The van der Waals surface area contributed by atoms with Crippen molar-refractivity contribution in [2.45, 2.75) is 44.2 Å². The maximum Gasteiger partial charge on any atom is 0.251 e. The number of methoxy groups -OCH3 is 1. The Bertz CT molecular complexity index is 1560. The van der Waals surface area contributed by atoms with E-state index in [4.69, 9.17) is 9.47 Å². The Labute approximate surface area is 251 Å². The Morgan fingerprint density at radius 3 is 2.67 bits per heavy atom. The molecule has 0 atom stereocenters. The van der Waals surface area contributed by atoms with Crippen molar-refractivity contribution in [3.63, 3.8) is 0 Å².